The first-order valence-corrected chi connectivity index (χ1v) is 8.14. The lowest BCUT2D eigenvalue weighted by atomic mass is 10.4. The first kappa shape index (κ1) is 16.9. The van der Waals surface area contributed by atoms with Crippen LogP contribution in [-0.2, 0) is 10.0 Å². The molecule has 0 aromatic carbocycles. The number of nitrogens with zero attached hydrogens (tertiary/aromatic N) is 3. The Kier molecular flexibility index (Phi) is 6.38. The van der Waals surface area contributed by atoms with Crippen LogP contribution in [0.15, 0.2) is 23.4 Å². The quantitative estimate of drug-likeness (QED) is 0.778. The first-order valence-electron chi connectivity index (χ1n) is 6.70. The van der Waals surface area contributed by atoms with Crippen LogP contribution < -0.4 is 5.32 Å². The lowest BCUT2D eigenvalue weighted by Crippen LogP contribution is -2.33. The molecule has 0 bridgehead atoms. The van der Waals surface area contributed by atoms with Gasteiger partial charge in [0.2, 0.25) is 10.0 Å². The van der Waals surface area contributed by atoms with Crippen LogP contribution >= 0.6 is 0 Å². The van der Waals surface area contributed by atoms with E-state index in [4.69, 9.17) is 0 Å². The highest BCUT2D eigenvalue weighted by molar-refractivity contribution is 7.89. The van der Waals surface area contributed by atoms with Crippen molar-refractivity contribution in [2.75, 3.05) is 46.1 Å². The Bertz CT molecular complexity index is 517. The van der Waals surface area contributed by atoms with Gasteiger partial charge in [0, 0.05) is 32.5 Å². The van der Waals surface area contributed by atoms with Crippen molar-refractivity contribution in [3.63, 3.8) is 0 Å². The average molecular weight is 300 g/mol. The smallest absolute Gasteiger partial charge is 0.246 e. The normalized spacial score (nSPS) is 12.1. The summed E-state index contributed by atoms with van der Waals surface area (Å²) in [4.78, 5) is 6.21. The van der Waals surface area contributed by atoms with Gasteiger partial charge in [0.15, 0.2) is 0 Å². The molecule has 20 heavy (non-hydrogen) atoms. The van der Waals surface area contributed by atoms with E-state index in [-0.39, 0.29) is 4.90 Å². The summed E-state index contributed by atoms with van der Waals surface area (Å²) in [5, 5.41) is 2.90. The van der Waals surface area contributed by atoms with Crippen molar-refractivity contribution in [3.8, 4) is 0 Å². The molecule has 1 heterocycles. The van der Waals surface area contributed by atoms with Crippen molar-refractivity contribution in [3.05, 3.63) is 18.5 Å². The molecule has 1 aromatic heterocycles. The van der Waals surface area contributed by atoms with Gasteiger partial charge in [-0.3, -0.25) is 4.98 Å². The number of nitrogens with one attached hydrogen (secondary N) is 1. The Balaban J connectivity index is 2.94. The number of anilines is 1. The highest BCUT2D eigenvalue weighted by Gasteiger charge is 2.25. The molecule has 0 saturated carbocycles. The maximum Gasteiger partial charge on any atom is 0.246 e. The van der Waals surface area contributed by atoms with Gasteiger partial charge in [-0.2, -0.15) is 4.31 Å². The molecule has 114 valence electrons. The zero-order chi connectivity index (χ0) is 15.2. The lowest BCUT2D eigenvalue weighted by molar-refractivity contribution is 0.356. The Hall–Kier alpha value is -1.18. The van der Waals surface area contributed by atoms with Gasteiger partial charge < -0.3 is 10.2 Å². The molecular formula is C13H24N4O2S. The molecule has 0 unspecified atom stereocenters. The van der Waals surface area contributed by atoms with E-state index < -0.39 is 10.0 Å². The van der Waals surface area contributed by atoms with Gasteiger partial charge in [0.1, 0.15) is 4.90 Å². The lowest BCUT2D eigenvalue weighted by Gasteiger charge is -2.22. The molecule has 1 aromatic rings. The van der Waals surface area contributed by atoms with Gasteiger partial charge in [-0.1, -0.05) is 6.92 Å². The number of hydrogen-bond acceptors (Lipinski definition) is 5. The average Bonchev–Trinajstić information content (AvgIpc) is 2.43. The predicted molar refractivity (Wildman–Crippen MR) is 81.4 cm³/mol. The molecule has 0 saturated heterocycles. The van der Waals surface area contributed by atoms with E-state index >= 15 is 0 Å². The molecule has 7 heteroatoms. The minimum Gasteiger partial charge on any atom is -0.387 e. The molecule has 6 nitrogen and oxygen atoms in total. The molecule has 0 atom stereocenters. The van der Waals surface area contributed by atoms with E-state index in [9.17, 15) is 8.42 Å². The molecule has 0 aliphatic heterocycles. The summed E-state index contributed by atoms with van der Waals surface area (Å²) in [6, 6.07) is 1.67. The van der Waals surface area contributed by atoms with Crippen LogP contribution in [0.5, 0.6) is 0 Å². The van der Waals surface area contributed by atoms with Crippen molar-refractivity contribution in [1.29, 1.82) is 0 Å². The zero-order valence-corrected chi connectivity index (χ0v) is 13.4. The first-order chi connectivity index (χ1) is 9.43. The topological polar surface area (TPSA) is 65.5 Å². The minimum absolute atomic E-state index is 0.231. The van der Waals surface area contributed by atoms with Gasteiger partial charge in [-0.05, 0) is 33.1 Å². The number of sulfonamides is 1. The van der Waals surface area contributed by atoms with Gasteiger partial charge in [-0.15, -0.1) is 0 Å². The Morgan fingerprint density at radius 2 is 2.00 bits per heavy atom. The summed E-state index contributed by atoms with van der Waals surface area (Å²) in [6.07, 6.45) is 3.78. The van der Waals surface area contributed by atoms with E-state index in [1.54, 1.807) is 19.3 Å². The molecule has 0 aliphatic carbocycles. The third-order valence-corrected chi connectivity index (χ3v) is 5.04. The van der Waals surface area contributed by atoms with Crippen molar-refractivity contribution >= 4 is 15.7 Å². The van der Waals surface area contributed by atoms with E-state index in [0.29, 0.717) is 18.8 Å². The fourth-order valence-electron chi connectivity index (χ4n) is 1.94. The second-order valence-corrected chi connectivity index (χ2v) is 6.68. The van der Waals surface area contributed by atoms with Crippen molar-refractivity contribution in [2.45, 2.75) is 18.2 Å². The highest BCUT2D eigenvalue weighted by atomic mass is 32.2. The summed E-state index contributed by atoms with van der Waals surface area (Å²) in [5.41, 5.74) is 0.575. The summed E-state index contributed by atoms with van der Waals surface area (Å²) in [6.45, 7) is 3.67. The number of rotatable bonds is 8. The Morgan fingerprint density at radius 1 is 1.30 bits per heavy atom. The van der Waals surface area contributed by atoms with Crippen molar-refractivity contribution in [1.82, 2.24) is 14.2 Å². The summed E-state index contributed by atoms with van der Waals surface area (Å²) < 4.78 is 26.8. The monoisotopic (exact) mass is 300 g/mol. The van der Waals surface area contributed by atoms with Crippen LogP contribution in [0.25, 0.3) is 0 Å². The number of hydrogen-bond donors (Lipinski definition) is 1. The third-order valence-electron chi connectivity index (χ3n) is 3.04. The summed E-state index contributed by atoms with van der Waals surface area (Å²) in [5.74, 6) is 0. The second kappa shape index (κ2) is 7.56. The molecule has 0 aliphatic rings. The molecule has 0 amide bonds. The van der Waals surface area contributed by atoms with Crippen molar-refractivity contribution < 1.29 is 8.42 Å². The van der Waals surface area contributed by atoms with E-state index in [0.717, 1.165) is 13.0 Å². The molecule has 0 fully saturated rings. The maximum atomic E-state index is 12.7. The zero-order valence-electron chi connectivity index (χ0n) is 12.6. The molecular weight excluding hydrogens is 276 g/mol. The van der Waals surface area contributed by atoms with Crippen LogP contribution in [0.4, 0.5) is 5.69 Å². The molecule has 1 rings (SSSR count). The highest BCUT2D eigenvalue weighted by Crippen LogP contribution is 2.23. The van der Waals surface area contributed by atoms with Crippen molar-refractivity contribution in [2.24, 2.45) is 0 Å². The van der Waals surface area contributed by atoms with Crippen LogP contribution in [-0.4, -0.2) is 63.4 Å². The fourth-order valence-corrected chi connectivity index (χ4v) is 3.57. The third kappa shape index (κ3) is 4.16. The SMILES string of the molecule is CCN(CCCN(C)C)S(=O)(=O)c1cnccc1NC. The van der Waals surface area contributed by atoms with Gasteiger partial charge in [0.25, 0.3) is 0 Å². The van der Waals surface area contributed by atoms with Crippen LogP contribution in [0.1, 0.15) is 13.3 Å². The molecule has 1 N–H and O–H groups in total. The standard InChI is InChI=1S/C13H24N4O2S/c1-5-17(10-6-9-16(3)4)20(18,19)13-11-15-8-7-12(13)14-2/h7-8,11H,5-6,9-10H2,1-4H3,(H,14,15). The van der Waals surface area contributed by atoms with Gasteiger partial charge in [0.05, 0.1) is 5.69 Å². The molecule has 0 spiro atoms. The number of pyridine rings is 1. The van der Waals surface area contributed by atoms with Crippen LogP contribution in [0, 0.1) is 0 Å². The van der Waals surface area contributed by atoms with Gasteiger partial charge >= 0.3 is 0 Å². The predicted octanol–water partition coefficient (Wildman–Crippen LogP) is 1.09. The van der Waals surface area contributed by atoms with Gasteiger partial charge in [-0.25, -0.2) is 8.42 Å². The minimum atomic E-state index is -3.50. The number of aromatic nitrogens is 1. The largest absolute Gasteiger partial charge is 0.387 e. The maximum absolute atomic E-state index is 12.7. The summed E-state index contributed by atoms with van der Waals surface area (Å²) in [7, 11) is 2.16. The van der Waals surface area contributed by atoms with E-state index in [2.05, 4.69) is 10.3 Å². The van der Waals surface area contributed by atoms with E-state index in [1.807, 2.05) is 25.9 Å². The molecule has 0 radical (unpaired) electrons. The fraction of sp³-hybridized carbons (Fsp3) is 0.615. The Labute approximate surface area is 121 Å². The van der Waals surface area contributed by atoms with Crippen LogP contribution in [0.3, 0.4) is 0 Å². The van der Waals surface area contributed by atoms with E-state index in [1.165, 1.54) is 10.5 Å². The van der Waals surface area contributed by atoms with Crippen LogP contribution in [0.2, 0.25) is 0 Å². The second-order valence-electron chi connectivity index (χ2n) is 4.78. The Morgan fingerprint density at radius 3 is 2.55 bits per heavy atom. The summed E-state index contributed by atoms with van der Waals surface area (Å²) >= 11 is 0.